The lowest BCUT2D eigenvalue weighted by Gasteiger charge is -2.30. The van der Waals surface area contributed by atoms with Gasteiger partial charge in [-0.15, -0.1) is 11.8 Å². The van der Waals surface area contributed by atoms with Crippen LogP contribution in [0, 0.1) is 0 Å². The molecule has 1 aliphatic rings. The quantitative estimate of drug-likeness (QED) is 0.202. The maximum Gasteiger partial charge on any atom is 0.316 e. The zero-order chi connectivity index (χ0) is 22.8. The van der Waals surface area contributed by atoms with E-state index in [0.29, 0.717) is 0 Å². The molecule has 164 valence electrons. The van der Waals surface area contributed by atoms with E-state index >= 15 is 0 Å². The minimum atomic E-state index is -0.429. The SMILES string of the molecule is O=C(CSc1ccc2ccccc2c1Br)OCC(=O)N1c2ccccc2Sc2ccccc21. The summed E-state index contributed by atoms with van der Waals surface area (Å²) in [5.41, 5.74) is 1.61. The van der Waals surface area contributed by atoms with E-state index in [1.54, 1.807) is 16.7 Å². The van der Waals surface area contributed by atoms with Crippen LogP contribution >= 0.6 is 39.5 Å². The molecule has 0 saturated carbocycles. The Bertz CT molecular complexity index is 1330. The number of ether oxygens (including phenoxy) is 1. The average molecular weight is 536 g/mol. The second-order valence-electron chi connectivity index (χ2n) is 7.31. The molecule has 0 N–H and O–H groups in total. The van der Waals surface area contributed by atoms with Crippen LogP contribution < -0.4 is 4.90 Å². The molecular formula is C26H18BrNO3S2. The van der Waals surface area contributed by atoms with Crippen molar-refractivity contribution in [2.24, 2.45) is 0 Å². The number of hydrogen-bond acceptors (Lipinski definition) is 5. The average Bonchev–Trinajstić information content (AvgIpc) is 2.85. The second-order valence-corrected chi connectivity index (χ2v) is 10.2. The minimum Gasteiger partial charge on any atom is -0.455 e. The number of anilines is 2. The molecule has 7 heteroatoms. The maximum atomic E-state index is 13.1. The number of benzene rings is 4. The summed E-state index contributed by atoms with van der Waals surface area (Å²) in [6.07, 6.45) is 0. The summed E-state index contributed by atoms with van der Waals surface area (Å²) in [4.78, 5) is 30.1. The van der Waals surface area contributed by atoms with Gasteiger partial charge >= 0.3 is 5.97 Å². The lowest BCUT2D eigenvalue weighted by atomic mass is 10.1. The van der Waals surface area contributed by atoms with E-state index in [1.165, 1.54) is 11.8 Å². The molecule has 0 spiro atoms. The molecule has 0 radical (unpaired) electrons. The maximum absolute atomic E-state index is 13.1. The summed E-state index contributed by atoms with van der Waals surface area (Å²) in [7, 11) is 0. The minimum absolute atomic E-state index is 0.118. The van der Waals surface area contributed by atoms with Crippen LogP contribution in [0.15, 0.2) is 104 Å². The molecule has 4 aromatic carbocycles. The van der Waals surface area contributed by atoms with Gasteiger partial charge < -0.3 is 4.74 Å². The highest BCUT2D eigenvalue weighted by Crippen LogP contribution is 2.47. The van der Waals surface area contributed by atoms with E-state index in [2.05, 4.69) is 15.9 Å². The van der Waals surface area contributed by atoms with Crippen molar-refractivity contribution >= 4 is 73.5 Å². The van der Waals surface area contributed by atoms with Gasteiger partial charge in [0.2, 0.25) is 0 Å². The third kappa shape index (κ3) is 4.53. The van der Waals surface area contributed by atoms with Crippen molar-refractivity contribution in [2.45, 2.75) is 14.7 Å². The van der Waals surface area contributed by atoms with Gasteiger partial charge in [-0.25, -0.2) is 0 Å². The Morgan fingerprint density at radius 1 is 0.848 bits per heavy atom. The van der Waals surface area contributed by atoms with Gasteiger partial charge in [0.25, 0.3) is 5.91 Å². The summed E-state index contributed by atoms with van der Waals surface area (Å²) in [6.45, 7) is -0.314. The number of carbonyl (C=O) groups excluding carboxylic acids is 2. The van der Waals surface area contributed by atoms with Crippen LogP contribution in [0.1, 0.15) is 0 Å². The number of amides is 1. The Labute approximate surface area is 208 Å². The van der Waals surface area contributed by atoms with Crippen molar-refractivity contribution in [1.82, 2.24) is 0 Å². The van der Waals surface area contributed by atoms with Crippen LogP contribution in [0.4, 0.5) is 11.4 Å². The Morgan fingerprint density at radius 3 is 2.21 bits per heavy atom. The number of thioether (sulfide) groups is 1. The number of esters is 1. The highest BCUT2D eigenvalue weighted by Gasteiger charge is 2.28. The third-order valence-electron chi connectivity index (χ3n) is 5.21. The highest BCUT2D eigenvalue weighted by molar-refractivity contribution is 9.10. The summed E-state index contributed by atoms with van der Waals surface area (Å²) >= 11 is 6.65. The van der Waals surface area contributed by atoms with Gasteiger partial charge in [0.1, 0.15) is 0 Å². The molecule has 5 rings (SSSR count). The van der Waals surface area contributed by atoms with Crippen molar-refractivity contribution in [2.75, 3.05) is 17.3 Å². The van der Waals surface area contributed by atoms with Crippen LogP contribution in [-0.2, 0) is 14.3 Å². The van der Waals surface area contributed by atoms with Crippen molar-refractivity contribution in [3.05, 3.63) is 89.4 Å². The summed E-state index contributed by atoms with van der Waals surface area (Å²) in [5, 5.41) is 2.22. The first-order valence-corrected chi connectivity index (χ1v) is 12.9. The number of carbonyl (C=O) groups is 2. The van der Waals surface area contributed by atoms with Gasteiger partial charge in [-0.1, -0.05) is 66.4 Å². The van der Waals surface area contributed by atoms with Gasteiger partial charge in [-0.2, -0.15) is 0 Å². The molecule has 1 amide bonds. The molecule has 1 aliphatic heterocycles. The van der Waals surface area contributed by atoms with E-state index in [9.17, 15) is 9.59 Å². The fourth-order valence-corrected chi connectivity index (χ4v) is 6.34. The van der Waals surface area contributed by atoms with E-state index in [-0.39, 0.29) is 18.3 Å². The van der Waals surface area contributed by atoms with E-state index in [1.807, 2.05) is 84.9 Å². The number of hydrogen-bond donors (Lipinski definition) is 0. The lowest BCUT2D eigenvalue weighted by molar-refractivity contribution is -0.144. The zero-order valence-electron chi connectivity index (χ0n) is 17.4. The summed E-state index contributed by atoms with van der Waals surface area (Å²) in [5.74, 6) is -0.588. The van der Waals surface area contributed by atoms with Crippen LogP contribution in [0.3, 0.4) is 0 Å². The Hall–Kier alpha value is -2.74. The standard InChI is InChI=1S/C26H18BrNO3S2/c27-26-18-8-2-1-7-17(18)13-14-23(26)32-16-25(30)31-15-24(29)28-19-9-3-5-11-21(19)33-22-12-6-4-10-20(22)28/h1-14H,15-16H2. The predicted octanol–water partition coefficient (Wildman–Crippen LogP) is 7.07. The molecule has 0 aliphatic carbocycles. The van der Waals surface area contributed by atoms with Gasteiger partial charge in [0, 0.05) is 19.2 Å². The number of para-hydroxylation sites is 2. The van der Waals surface area contributed by atoms with Gasteiger partial charge in [-0.3, -0.25) is 14.5 Å². The number of rotatable bonds is 5. The summed E-state index contributed by atoms with van der Waals surface area (Å²) < 4.78 is 6.32. The van der Waals surface area contributed by atoms with E-state index < -0.39 is 5.97 Å². The fraction of sp³-hybridized carbons (Fsp3) is 0.0769. The first-order valence-electron chi connectivity index (χ1n) is 10.3. The van der Waals surface area contributed by atoms with Crippen molar-refractivity contribution < 1.29 is 14.3 Å². The van der Waals surface area contributed by atoms with Gasteiger partial charge in [-0.05, 0) is 57.0 Å². The lowest BCUT2D eigenvalue weighted by Crippen LogP contribution is -2.32. The largest absolute Gasteiger partial charge is 0.455 e. The predicted molar refractivity (Wildman–Crippen MR) is 137 cm³/mol. The second kappa shape index (κ2) is 9.63. The molecule has 0 bridgehead atoms. The molecule has 33 heavy (non-hydrogen) atoms. The Morgan fingerprint density at radius 2 is 1.48 bits per heavy atom. The molecule has 0 aromatic heterocycles. The normalized spacial score (nSPS) is 12.2. The van der Waals surface area contributed by atoms with Crippen molar-refractivity contribution in [3.63, 3.8) is 0 Å². The van der Waals surface area contributed by atoms with E-state index in [4.69, 9.17) is 4.74 Å². The molecule has 4 nitrogen and oxygen atoms in total. The molecule has 1 heterocycles. The molecule has 0 atom stereocenters. The first-order chi connectivity index (χ1) is 16.1. The molecular weight excluding hydrogens is 518 g/mol. The Kier molecular flexibility index (Phi) is 6.44. The van der Waals surface area contributed by atoms with Crippen LogP contribution in [0.5, 0.6) is 0 Å². The van der Waals surface area contributed by atoms with Crippen LogP contribution in [0.2, 0.25) is 0 Å². The molecule has 0 saturated heterocycles. The van der Waals surface area contributed by atoms with Crippen molar-refractivity contribution in [1.29, 1.82) is 0 Å². The summed E-state index contributed by atoms with van der Waals surface area (Å²) in [6, 6.07) is 27.6. The van der Waals surface area contributed by atoms with E-state index in [0.717, 1.165) is 41.3 Å². The molecule has 0 fully saturated rings. The van der Waals surface area contributed by atoms with Crippen LogP contribution in [-0.4, -0.2) is 24.2 Å². The molecule has 4 aromatic rings. The zero-order valence-corrected chi connectivity index (χ0v) is 20.6. The monoisotopic (exact) mass is 535 g/mol. The smallest absolute Gasteiger partial charge is 0.316 e. The number of fused-ring (bicyclic) bond motifs is 3. The number of halogens is 1. The third-order valence-corrected chi connectivity index (χ3v) is 8.49. The first kappa shape index (κ1) is 22.1. The fourth-order valence-electron chi connectivity index (χ4n) is 3.68. The Balaban J connectivity index is 1.26. The van der Waals surface area contributed by atoms with Crippen LogP contribution in [0.25, 0.3) is 10.8 Å². The van der Waals surface area contributed by atoms with Gasteiger partial charge in [0.05, 0.1) is 17.1 Å². The topological polar surface area (TPSA) is 46.6 Å². The highest BCUT2D eigenvalue weighted by atomic mass is 79.9. The van der Waals surface area contributed by atoms with Gasteiger partial charge in [0.15, 0.2) is 6.61 Å². The number of nitrogens with zero attached hydrogens (tertiary/aromatic N) is 1. The van der Waals surface area contributed by atoms with Crippen molar-refractivity contribution in [3.8, 4) is 0 Å². The molecule has 0 unspecified atom stereocenters.